The summed E-state index contributed by atoms with van der Waals surface area (Å²) in [5.74, 6) is 0. The van der Waals surface area contributed by atoms with Crippen molar-refractivity contribution in [2.75, 3.05) is 0 Å². The maximum Gasteiger partial charge on any atom is 0.0946 e. The van der Waals surface area contributed by atoms with Crippen LogP contribution in [0.15, 0.2) is 48.8 Å². The van der Waals surface area contributed by atoms with Crippen molar-refractivity contribution in [2.24, 2.45) is 5.73 Å². The molecule has 21 heavy (non-hydrogen) atoms. The summed E-state index contributed by atoms with van der Waals surface area (Å²) in [6.45, 7) is 7.11. The lowest BCUT2D eigenvalue weighted by Gasteiger charge is -2.19. The van der Waals surface area contributed by atoms with Gasteiger partial charge in [0.25, 0.3) is 0 Å². The highest BCUT2D eigenvalue weighted by Crippen LogP contribution is 2.27. The number of benzene rings is 1. The topological polar surface area (TPSA) is 43.3 Å². The summed E-state index contributed by atoms with van der Waals surface area (Å²) >= 11 is 0. The zero-order valence-corrected chi connectivity index (χ0v) is 12.8. The van der Waals surface area contributed by atoms with Gasteiger partial charge in [0, 0.05) is 24.5 Å². The van der Waals surface area contributed by atoms with E-state index < -0.39 is 0 Å². The standard InChI is InChI=1S/C18H21N3/c1-18(2,3)14-8-6-13(7-9-14)17-16-5-4-10-21(16)12-15(11-19)20-17/h4-10,12H,11,19H2,1-3H3. The summed E-state index contributed by atoms with van der Waals surface area (Å²) < 4.78 is 2.09. The van der Waals surface area contributed by atoms with Gasteiger partial charge in [-0.15, -0.1) is 0 Å². The normalized spacial score (nSPS) is 12.0. The molecule has 0 aliphatic heterocycles. The quantitative estimate of drug-likeness (QED) is 0.776. The van der Waals surface area contributed by atoms with E-state index in [2.05, 4.69) is 55.5 Å². The molecule has 0 atom stereocenters. The van der Waals surface area contributed by atoms with Gasteiger partial charge in [-0.3, -0.25) is 0 Å². The Hall–Kier alpha value is -2.13. The van der Waals surface area contributed by atoms with Gasteiger partial charge in [0.1, 0.15) is 0 Å². The highest BCUT2D eigenvalue weighted by molar-refractivity contribution is 5.77. The Morgan fingerprint density at radius 2 is 1.81 bits per heavy atom. The van der Waals surface area contributed by atoms with Crippen LogP contribution in [-0.2, 0) is 12.0 Å². The van der Waals surface area contributed by atoms with Crippen LogP contribution in [0.25, 0.3) is 16.8 Å². The SMILES string of the molecule is CC(C)(C)c1ccc(-c2nc(CN)cn3cccc23)cc1. The summed E-state index contributed by atoms with van der Waals surface area (Å²) in [6.07, 6.45) is 4.02. The molecule has 0 spiro atoms. The van der Waals surface area contributed by atoms with Gasteiger partial charge in [0.15, 0.2) is 0 Å². The molecule has 3 heteroatoms. The van der Waals surface area contributed by atoms with Gasteiger partial charge in [-0.25, -0.2) is 4.98 Å². The van der Waals surface area contributed by atoms with E-state index in [0.717, 1.165) is 22.5 Å². The molecule has 0 fully saturated rings. The van der Waals surface area contributed by atoms with E-state index in [1.807, 2.05) is 18.5 Å². The molecule has 0 aliphatic carbocycles. The molecule has 0 bridgehead atoms. The number of hydrogen-bond acceptors (Lipinski definition) is 2. The van der Waals surface area contributed by atoms with Crippen LogP contribution in [0.4, 0.5) is 0 Å². The number of nitrogens with two attached hydrogens (primary N) is 1. The smallest absolute Gasteiger partial charge is 0.0946 e. The Morgan fingerprint density at radius 3 is 2.43 bits per heavy atom. The Bertz CT molecular complexity index is 761. The molecular formula is C18H21N3. The summed E-state index contributed by atoms with van der Waals surface area (Å²) in [6, 6.07) is 12.8. The first-order valence-electron chi connectivity index (χ1n) is 7.26. The summed E-state index contributed by atoms with van der Waals surface area (Å²) in [7, 11) is 0. The van der Waals surface area contributed by atoms with Crippen LogP contribution in [0.5, 0.6) is 0 Å². The molecule has 3 nitrogen and oxygen atoms in total. The molecule has 0 saturated heterocycles. The predicted molar refractivity (Wildman–Crippen MR) is 87.2 cm³/mol. The van der Waals surface area contributed by atoms with Gasteiger partial charge in [-0.1, -0.05) is 45.0 Å². The fraction of sp³-hybridized carbons (Fsp3) is 0.278. The monoisotopic (exact) mass is 279 g/mol. The predicted octanol–water partition coefficient (Wildman–Crippen LogP) is 3.76. The van der Waals surface area contributed by atoms with E-state index in [1.54, 1.807) is 0 Å². The van der Waals surface area contributed by atoms with Crippen LogP contribution < -0.4 is 5.73 Å². The lowest BCUT2D eigenvalue weighted by atomic mass is 9.86. The van der Waals surface area contributed by atoms with E-state index in [0.29, 0.717) is 6.54 Å². The van der Waals surface area contributed by atoms with E-state index >= 15 is 0 Å². The average Bonchev–Trinajstić information content (AvgIpc) is 2.93. The van der Waals surface area contributed by atoms with Gasteiger partial charge in [0.05, 0.1) is 16.9 Å². The third kappa shape index (κ3) is 2.57. The van der Waals surface area contributed by atoms with Crippen LogP contribution in [0.3, 0.4) is 0 Å². The molecule has 0 amide bonds. The van der Waals surface area contributed by atoms with Crippen LogP contribution in [0.2, 0.25) is 0 Å². The second-order valence-corrected chi connectivity index (χ2v) is 6.41. The van der Waals surface area contributed by atoms with Crippen molar-refractivity contribution < 1.29 is 0 Å². The van der Waals surface area contributed by atoms with E-state index in [1.165, 1.54) is 5.56 Å². The fourth-order valence-corrected chi connectivity index (χ4v) is 2.54. The van der Waals surface area contributed by atoms with Crippen LogP contribution in [0, 0.1) is 0 Å². The third-order valence-corrected chi connectivity index (χ3v) is 3.80. The molecule has 0 unspecified atom stereocenters. The van der Waals surface area contributed by atoms with Gasteiger partial charge >= 0.3 is 0 Å². The van der Waals surface area contributed by atoms with Crippen LogP contribution in [0.1, 0.15) is 32.0 Å². The summed E-state index contributed by atoms with van der Waals surface area (Å²) in [5.41, 5.74) is 11.4. The highest BCUT2D eigenvalue weighted by Gasteiger charge is 2.14. The fourth-order valence-electron chi connectivity index (χ4n) is 2.54. The summed E-state index contributed by atoms with van der Waals surface area (Å²) in [5, 5.41) is 0. The van der Waals surface area contributed by atoms with Crippen molar-refractivity contribution in [3.8, 4) is 11.3 Å². The maximum absolute atomic E-state index is 5.76. The second-order valence-electron chi connectivity index (χ2n) is 6.41. The van der Waals surface area contributed by atoms with Crippen molar-refractivity contribution in [3.63, 3.8) is 0 Å². The lowest BCUT2D eigenvalue weighted by molar-refractivity contribution is 0.590. The van der Waals surface area contributed by atoms with E-state index in [9.17, 15) is 0 Å². The van der Waals surface area contributed by atoms with Gasteiger partial charge in [0.2, 0.25) is 0 Å². The number of nitrogens with zero attached hydrogens (tertiary/aromatic N) is 2. The third-order valence-electron chi connectivity index (χ3n) is 3.80. The summed E-state index contributed by atoms with van der Waals surface area (Å²) in [4.78, 5) is 4.71. The molecule has 0 radical (unpaired) electrons. The van der Waals surface area contributed by atoms with Crippen molar-refractivity contribution >= 4 is 5.52 Å². The van der Waals surface area contributed by atoms with Crippen molar-refractivity contribution in [1.82, 2.24) is 9.38 Å². The molecular weight excluding hydrogens is 258 g/mol. The minimum atomic E-state index is 0.162. The maximum atomic E-state index is 5.76. The Morgan fingerprint density at radius 1 is 1.10 bits per heavy atom. The Labute approximate surface area is 125 Å². The zero-order chi connectivity index (χ0) is 15.0. The molecule has 0 aliphatic rings. The molecule has 3 rings (SSSR count). The zero-order valence-electron chi connectivity index (χ0n) is 12.8. The number of aromatic nitrogens is 2. The Kier molecular flexibility index (Phi) is 3.30. The number of fused-ring (bicyclic) bond motifs is 1. The first-order valence-corrected chi connectivity index (χ1v) is 7.26. The second kappa shape index (κ2) is 5.01. The highest BCUT2D eigenvalue weighted by atomic mass is 14.9. The molecule has 108 valence electrons. The minimum Gasteiger partial charge on any atom is -0.325 e. The van der Waals surface area contributed by atoms with Gasteiger partial charge in [-0.05, 0) is 23.1 Å². The van der Waals surface area contributed by atoms with E-state index in [4.69, 9.17) is 10.7 Å². The molecule has 2 heterocycles. The van der Waals surface area contributed by atoms with Crippen molar-refractivity contribution in [2.45, 2.75) is 32.7 Å². The first kappa shape index (κ1) is 13.8. The average molecular weight is 279 g/mol. The molecule has 3 aromatic rings. The molecule has 0 saturated carbocycles. The van der Waals surface area contributed by atoms with E-state index in [-0.39, 0.29) is 5.41 Å². The number of hydrogen-bond donors (Lipinski definition) is 1. The van der Waals surface area contributed by atoms with Crippen LogP contribution >= 0.6 is 0 Å². The lowest BCUT2D eigenvalue weighted by Crippen LogP contribution is -2.10. The van der Waals surface area contributed by atoms with Crippen molar-refractivity contribution in [3.05, 3.63) is 60.0 Å². The first-order chi connectivity index (χ1) is 9.99. The number of rotatable bonds is 2. The molecule has 2 aromatic heterocycles. The largest absolute Gasteiger partial charge is 0.325 e. The van der Waals surface area contributed by atoms with Crippen molar-refractivity contribution in [1.29, 1.82) is 0 Å². The van der Waals surface area contributed by atoms with Gasteiger partial charge < -0.3 is 10.1 Å². The molecule has 2 N–H and O–H groups in total. The Balaban J connectivity index is 2.13. The molecule has 1 aromatic carbocycles. The minimum absolute atomic E-state index is 0.162. The van der Waals surface area contributed by atoms with Gasteiger partial charge in [-0.2, -0.15) is 0 Å². The van der Waals surface area contributed by atoms with Crippen LogP contribution in [-0.4, -0.2) is 9.38 Å².